The maximum atomic E-state index is 12.8. The minimum atomic E-state index is -0.452. The van der Waals surface area contributed by atoms with Crippen molar-refractivity contribution in [2.24, 2.45) is 0 Å². The van der Waals surface area contributed by atoms with Gasteiger partial charge in [0.15, 0.2) is 11.5 Å². The highest BCUT2D eigenvalue weighted by molar-refractivity contribution is 7.12. The zero-order chi connectivity index (χ0) is 17.9. The second-order valence-electron chi connectivity index (χ2n) is 6.34. The lowest BCUT2D eigenvalue weighted by atomic mass is 10.0. The topological polar surface area (TPSA) is 67.9 Å². The minimum Gasteiger partial charge on any atom is -0.486 e. The van der Waals surface area contributed by atoms with Crippen LogP contribution in [0.25, 0.3) is 0 Å². The number of benzene rings is 1. The van der Waals surface area contributed by atoms with Gasteiger partial charge in [0.25, 0.3) is 5.91 Å². The van der Waals surface area contributed by atoms with E-state index in [-0.39, 0.29) is 11.8 Å². The van der Waals surface area contributed by atoms with Crippen LogP contribution in [0.3, 0.4) is 0 Å². The maximum Gasteiger partial charge on any atom is 0.264 e. The molecule has 0 saturated carbocycles. The average molecular weight is 372 g/mol. The van der Waals surface area contributed by atoms with E-state index in [1.807, 2.05) is 11.4 Å². The first-order valence-corrected chi connectivity index (χ1v) is 9.65. The highest BCUT2D eigenvalue weighted by Crippen LogP contribution is 2.33. The van der Waals surface area contributed by atoms with Gasteiger partial charge >= 0.3 is 0 Å². The monoisotopic (exact) mass is 372 g/mol. The van der Waals surface area contributed by atoms with Gasteiger partial charge < -0.3 is 19.7 Å². The highest BCUT2D eigenvalue weighted by atomic mass is 32.1. The first-order valence-electron chi connectivity index (χ1n) is 8.77. The van der Waals surface area contributed by atoms with Crippen molar-refractivity contribution in [3.8, 4) is 11.5 Å². The minimum absolute atomic E-state index is 0.0676. The summed E-state index contributed by atoms with van der Waals surface area (Å²) in [5.74, 6) is 1.08. The number of nitrogens with one attached hydrogen (secondary N) is 1. The summed E-state index contributed by atoms with van der Waals surface area (Å²) in [7, 11) is 0. The van der Waals surface area contributed by atoms with Crippen LogP contribution in [-0.4, -0.2) is 42.5 Å². The Kier molecular flexibility index (Phi) is 4.79. The second kappa shape index (κ2) is 7.37. The van der Waals surface area contributed by atoms with Crippen LogP contribution in [0.1, 0.15) is 28.9 Å². The van der Waals surface area contributed by atoms with E-state index in [4.69, 9.17) is 9.47 Å². The Morgan fingerprint density at radius 1 is 1.12 bits per heavy atom. The van der Waals surface area contributed by atoms with Crippen LogP contribution in [0.15, 0.2) is 35.7 Å². The predicted octanol–water partition coefficient (Wildman–Crippen LogP) is 3.15. The molecule has 7 heteroatoms. The normalized spacial score (nSPS) is 19.1. The molecule has 26 heavy (non-hydrogen) atoms. The van der Waals surface area contributed by atoms with Gasteiger partial charge in [0.1, 0.15) is 19.3 Å². The van der Waals surface area contributed by atoms with E-state index in [0.29, 0.717) is 48.2 Å². The van der Waals surface area contributed by atoms with Gasteiger partial charge in [-0.05, 0) is 42.8 Å². The first kappa shape index (κ1) is 16.9. The number of carbonyl (C=O) groups excluding carboxylic acids is 2. The summed E-state index contributed by atoms with van der Waals surface area (Å²) in [6.45, 7) is 1.63. The number of likely N-dealkylation sites (tertiary alicyclic amines) is 1. The molecule has 136 valence electrons. The molecule has 1 aromatic carbocycles. The molecule has 1 atom stereocenters. The third kappa shape index (κ3) is 3.39. The Labute approximate surface area is 155 Å². The van der Waals surface area contributed by atoms with Gasteiger partial charge in [-0.15, -0.1) is 11.3 Å². The standard InChI is InChI=1S/C19H20N2O4S/c22-18(20-13-6-7-15-16(12-13)25-10-9-24-15)14-4-1-2-8-21(14)19(23)17-5-3-11-26-17/h3,5-7,11-12,14H,1-2,4,8-10H2,(H,20,22)/t14-/m0/s1. The Bertz CT molecular complexity index is 806. The molecule has 0 unspecified atom stereocenters. The highest BCUT2D eigenvalue weighted by Gasteiger charge is 2.33. The molecule has 6 nitrogen and oxygen atoms in total. The Morgan fingerprint density at radius 3 is 2.77 bits per heavy atom. The van der Waals surface area contributed by atoms with Crippen LogP contribution in [0.4, 0.5) is 5.69 Å². The van der Waals surface area contributed by atoms with Crippen molar-refractivity contribution in [3.05, 3.63) is 40.6 Å². The van der Waals surface area contributed by atoms with Gasteiger partial charge in [0.2, 0.25) is 5.91 Å². The van der Waals surface area contributed by atoms with E-state index in [9.17, 15) is 9.59 Å². The molecule has 1 saturated heterocycles. The number of fused-ring (bicyclic) bond motifs is 1. The fraction of sp³-hybridized carbons (Fsp3) is 0.368. The van der Waals surface area contributed by atoms with Gasteiger partial charge in [-0.25, -0.2) is 0 Å². The zero-order valence-corrected chi connectivity index (χ0v) is 15.1. The largest absolute Gasteiger partial charge is 0.486 e. The van der Waals surface area contributed by atoms with Crippen LogP contribution < -0.4 is 14.8 Å². The molecule has 1 N–H and O–H groups in total. The van der Waals surface area contributed by atoms with Gasteiger partial charge in [-0.3, -0.25) is 9.59 Å². The molecule has 2 amide bonds. The van der Waals surface area contributed by atoms with Crippen molar-refractivity contribution in [1.82, 2.24) is 4.90 Å². The lowest BCUT2D eigenvalue weighted by Gasteiger charge is -2.34. The summed E-state index contributed by atoms with van der Waals surface area (Å²) < 4.78 is 11.1. The maximum absolute atomic E-state index is 12.8. The molecule has 0 spiro atoms. The summed E-state index contributed by atoms with van der Waals surface area (Å²) in [5.41, 5.74) is 0.647. The van der Waals surface area contributed by atoms with E-state index in [0.717, 1.165) is 12.8 Å². The Balaban J connectivity index is 1.49. The summed E-state index contributed by atoms with van der Waals surface area (Å²) in [4.78, 5) is 28.0. The lowest BCUT2D eigenvalue weighted by molar-refractivity contribution is -0.121. The summed E-state index contributed by atoms with van der Waals surface area (Å²) in [6, 6.07) is 8.55. The molecular weight excluding hydrogens is 352 g/mol. The van der Waals surface area contributed by atoms with Crippen LogP contribution >= 0.6 is 11.3 Å². The molecule has 0 radical (unpaired) electrons. The van der Waals surface area contributed by atoms with Crippen LogP contribution in [0.5, 0.6) is 11.5 Å². The first-order chi connectivity index (χ1) is 12.7. The number of rotatable bonds is 3. The number of piperidine rings is 1. The second-order valence-corrected chi connectivity index (χ2v) is 7.28. The van der Waals surface area contributed by atoms with Gasteiger partial charge in [-0.1, -0.05) is 6.07 Å². The van der Waals surface area contributed by atoms with E-state index in [1.165, 1.54) is 11.3 Å². The van der Waals surface area contributed by atoms with Crippen molar-refractivity contribution < 1.29 is 19.1 Å². The fourth-order valence-electron chi connectivity index (χ4n) is 3.34. The molecule has 1 fully saturated rings. The molecule has 1 aromatic heterocycles. The van der Waals surface area contributed by atoms with Crippen molar-refractivity contribution in [2.75, 3.05) is 25.1 Å². The average Bonchev–Trinajstić information content (AvgIpc) is 3.22. The predicted molar refractivity (Wildman–Crippen MR) is 99.1 cm³/mol. The van der Waals surface area contributed by atoms with Gasteiger partial charge in [0.05, 0.1) is 4.88 Å². The molecule has 2 aliphatic rings. The number of hydrogen-bond donors (Lipinski definition) is 1. The number of carbonyl (C=O) groups is 2. The molecule has 2 aromatic rings. The number of hydrogen-bond acceptors (Lipinski definition) is 5. The molecule has 3 heterocycles. The third-order valence-corrected chi connectivity index (χ3v) is 5.47. The fourth-order valence-corrected chi connectivity index (χ4v) is 4.01. The Hall–Kier alpha value is -2.54. The molecule has 0 aliphatic carbocycles. The summed E-state index contributed by atoms with van der Waals surface area (Å²) in [6.07, 6.45) is 2.53. The number of anilines is 1. The van der Waals surface area contributed by atoms with Crippen LogP contribution in [0, 0.1) is 0 Å². The van der Waals surface area contributed by atoms with Gasteiger partial charge in [0, 0.05) is 18.3 Å². The lowest BCUT2D eigenvalue weighted by Crippen LogP contribution is -2.49. The molecule has 2 aliphatic heterocycles. The van der Waals surface area contributed by atoms with Crippen LogP contribution in [0.2, 0.25) is 0 Å². The van der Waals surface area contributed by atoms with Crippen molar-refractivity contribution in [3.63, 3.8) is 0 Å². The molecule has 0 bridgehead atoms. The van der Waals surface area contributed by atoms with E-state index >= 15 is 0 Å². The summed E-state index contributed by atoms with van der Waals surface area (Å²) >= 11 is 1.40. The quantitative estimate of drug-likeness (QED) is 0.899. The van der Waals surface area contributed by atoms with E-state index < -0.39 is 6.04 Å². The SMILES string of the molecule is O=C(Nc1ccc2c(c1)OCCO2)[C@@H]1CCCCN1C(=O)c1cccs1. The van der Waals surface area contributed by atoms with Crippen LogP contribution in [-0.2, 0) is 4.79 Å². The van der Waals surface area contributed by atoms with Crippen molar-refractivity contribution >= 4 is 28.8 Å². The van der Waals surface area contributed by atoms with Gasteiger partial charge in [-0.2, -0.15) is 0 Å². The number of thiophene rings is 1. The number of nitrogens with zero attached hydrogens (tertiary/aromatic N) is 1. The number of ether oxygens (including phenoxy) is 2. The van der Waals surface area contributed by atoms with Crippen molar-refractivity contribution in [1.29, 1.82) is 0 Å². The summed E-state index contributed by atoms with van der Waals surface area (Å²) in [5, 5.41) is 4.80. The third-order valence-electron chi connectivity index (χ3n) is 4.61. The molecule has 4 rings (SSSR count). The van der Waals surface area contributed by atoms with Crippen molar-refractivity contribution in [2.45, 2.75) is 25.3 Å². The Morgan fingerprint density at radius 2 is 1.96 bits per heavy atom. The number of amides is 2. The molecular formula is C19H20N2O4S. The van der Waals surface area contributed by atoms with E-state index in [2.05, 4.69) is 5.32 Å². The zero-order valence-electron chi connectivity index (χ0n) is 14.3. The smallest absolute Gasteiger partial charge is 0.264 e. The van der Waals surface area contributed by atoms with E-state index in [1.54, 1.807) is 29.2 Å².